The van der Waals surface area contributed by atoms with Crippen molar-refractivity contribution in [2.45, 2.75) is 25.7 Å². The predicted molar refractivity (Wildman–Crippen MR) is 114 cm³/mol. The van der Waals surface area contributed by atoms with Crippen LogP contribution in [0.4, 0.5) is 0 Å². The molecule has 160 valence electrons. The van der Waals surface area contributed by atoms with Gasteiger partial charge in [0.1, 0.15) is 5.69 Å². The van der Waals surface area contributed by atoms with Gasteiger partial charge in [-0.2, -0.15) is 0 Å². The maximum Gasteiger partial charge on any atom is 0.289 e. The Hall–Kier alpha value is -2.38. The molecule has 2 amide bonds. The zero-order chi connectivity index (χ0) is 20.9. The third kappa shape index (κ3) is 5.02. The number of carbonyl (C=O) groups excluding carboxylic acids is 2. The van der Waals surface area contributed by atoms with E-state index in [-0.39, 0.29) is 17.6 Å². The van der Waals surface area contributed by atoms with E-state index in [1.807, 2.05) is 17.0 Å². The highest BCUT2D eigenvalue weighted by atomic mass is 35.5. The lowest BCUT2D eigenvalue weighted by atomic mass is 10.1. The molecule has 2 aliphatic rings. The molecule has 0 spiro atoms. The molecule has 1 N–H and O–H groups in total. The molecule has 2 aromatic rings. The normalized spacial score (nSPS) is 18.0. The van der Waals surface area contributed by atoms with Gasteiger partial charge in [0.2, 0.25) is 11.7 Å². The molecular weight excluding hydrogens is 404 g/mol. The third-order valence-corrected chi connectivity index (χ3v) is 6.19. The van der Waals surface area contributed by atoms with Gasteiger partial charge in [-0.1, -0.05) is 41.7 Å². The number of hydrogen-bond donors (Lipinski definition) is 1. The summed E-state index contributed by atoms with van der Waals surface area (Å²) in [6.45, 7) is 4.49. The lowest BCUT2D eigenvalue weighted by molar-refractivity contribution is -0.137. The van der Waals surface area contributed by atoms with Crippen molar-refractivity contribution in [3.8, 4) is 11.3 Å². The SMILES string of the molecule is O=C(NCCN1CCN(C(=O)C2CCCC2)CC1)c1cc(-c2cccc(Cl)c2)no1. The molecule has 1 saturated heterocycles. The number of carbonyl (C=O) groups is 2. The van der Waals surface area contributed by atoms with E-state index in [1.165, 1.54) is 12.8 Å². The van der Waals surface area contributed by atoms with Gasteiger partial charge in [0.05, 0.1) is 0 Å². The molecule has 0 bridgehead atoms. The third-order valence-electron chi connectivity index (χ3n) is 5.96. The standard InChI is InChI=1S/C22H27ClN4O3/c23-18-7-3-6-17(14-18)19-15-20(30-25-19)21(28)24-8-9-26-10-12-27(13-11-26)22(29)16-4-1-2-5-16/h3,6-7,14-16H,1-2,4-5,8-13H2,(H,24,28). The Morgan fingerprint density at radius 1 is 1.13 bits per heavy atom. The van der Waals surface area contributed by atoms with Gasteiger partial charge in [0.25, 0.3) is 5.91 Å². The first-order valence-corrected chi connectivity index (χ1v) is 11.0. The summed E-state index contributed by atoms with van der Waals surface area (Å²) in [5, 5.41) is 7.45. The van der Waals surface area contributed by atoms with Gasteiger partial charge in [0, 0.05) is 61.8 Å². The zero-order valence-corrected chi connectivity index (χ0v) is 17.7. The van der Waals surface area contributed by atoms with Gasteiger partial charge in [-0.3, -0.25) is 14.5 Å². The molecule has 1 saturated carbocycles. The van der Waals surface area contributed by atoms with Gasteiger partial charge in [-0.05, 0) is 25.0 Å². The van der Waals surface area contributed by atoms with Crippen molar-refractivity contribution >= 4 is 23.4 Å². The van der Waals surface area contributed by atoms with E-state index >= 15 is 0 Å². The lowest BCUT2D eigenvalue weighted by Crippen LogP contribution is -2.51. The molecule has 1 aliphatic carbocycles. The fourth-order valence-corrected chi connectivity index (χ4v) is 4.39. The van der Waals surface area contributed by atoms with Gasteiger partial charge < -0.3 is 14.7 Å². The summed E-state index contributed by atoms with van der Waals surface area (Å²) in [6, 6.07) is 8.87. The Morgan fingerprint density at radius 3 is 2.63 bits per heavy atom. The van der Waals surface area contributed by atoms with Gasteiger partial charge >= 0.3 is 0 Å². The largest absolute Gasteiger partial charge is 0.350 e. The number of benzene rings is 1. The Balaban J connectivity index is 1.20. The zero-order valence-electron chi connectivity index (χ0n) is 17.0. The first-order valence-electron chi connectivity index (χ1n) is 10.6. The maximum atomic E-state index is 12.5. The van der Waals surface area contributed by atoms with E-state index in [0.29, 0.717) is 23.2 Å². The molecule has 0 radical (unpaired) electrons. The summed E-state index contributed by atoms with van der Waals surface area (Å²) < 4.78 is 5.19. The summed E-state index contributed by atoms with van der Waals surface area (Å²) in [5.41, 5.74) is 1.38. The molecule has 8 heteroatoms. The molecule has 4 rings (SSSR count). The number of nitrogens with one attached hydrogen (secondary N) is 1. The lowest BCUT2D eigenvalue weighted by Gasteiger charge is -2.36. The minimum Gasteiger partial charge on any atom is -0.350 e. The van der Waals surface area contributed by atoms with Crippen molar-refractivity contribution in [1.29, 1.82) is 0 Å². The number of amides is 2. The highest BCUT2D eigenvalue weighted by Gasteiger charge is 2.29. The van der Waals surface area contributed by atoms with Gasteiger partial charge in [0.15, 0.2) is 0 Å². The van der Waals surface area contributed by atoms with Crippen LogP contribution in [0.1, 0.15) is 36.2 Å². The number of nitrogens with zero attached hydrogens (tertiary/aromatic N) is 3. The molecule has 1 aliphatic heterocycles. The fourth-order valence-electron chi connectivity index (χ4n) is 4.20. The topological polar surface area (TPSA) is 78.7 Å². The van der Waals surface area contributed by atoms with E-state index in [0.717, 1.165) is 51.1 Å². The Bertz CT molecular complexity index is 886. The monoisotopic (exact) mass is 430 g/mol. The number of piperazine rings is 1. The molecule has 2 heterocycles. The van der Waals surface area contributed by atoms with Crippen LogP contribution >= 0.6 is 11.6 Å². The number of rotatable bonds is 6. The van der Waals surface area contributed by atoms with Crippen molar-refractivity contribution < 1.29 is 14.1 Å². The summed E-state index contributed by atoms with van der Waals surface area (Å²) in [7, 11) is 0. The van der Waals surface area contributed by atoms with E-state index in [4.69, 9.17) is 16.1 Å². The van der Waals surface area contributed by atoms with Crippen LogP contribution in [0.3, 0.4) is 0 Å². The average molecular weight is 431 g/mol. The van der Waals surface area contributed by atoms with E-state index < -0.39 is 0 Å². The van der Waals surface area contributed by atoms with Gasteiger partial charge in [-0.25, -0.2) is 0 Å². The van der Waals surface area contributed by atoms with Crippen LogP contribution in [0.15, 0.2) is 34.9 Å². The second-order valence-electron chi connectivity index (χ2n) is 7.99. The van der Waals surface area contributed by atoms with Crippen LogP contribution in [0.25, 0.3) is 11.3 Å². The molecule has 30 heavy (non-hydrogen) atoms. The maximum absolute atomic E-state index is 12.5. The molecule has 1 aromatic carbocycles. The number of halogens is 1. The summed E-state index contributed by atoms with van der Waals surface area (Å²) in [6.07, 6.45) is 4.46. The van der Waals surface area contributed by atoms with Crippen molar-refractivity contribution in [3.63, 3.8) is 0 Å². The summed E-state index contributed by atoms with van der Waals surface area (Å²) >= 11 is 6.00. The minimum atomic E-state index is -0.286. The summed E-state index contributed by atoms with van der Waals surface area (Å²) in [4.78, 5) is 29.1. The smallest absolute Gasteiger partial charge is 0.289 e. The molecule has 7 nitrogen and oxygen atoms in total. The van der Waals surface area contributed by atoms with Crippen molar-refractivity contribution in [3.05, 3.63) is 41.1 Å². The quantitative estimate of drug-likeness (QED) is 0.762. The van der Waals surface area contributed by atoms with Crippen LogP contribution < -0.4 is 5.32 Å². The Labute approximate surface area is 181 Å². The molecular formula is C22H27ClN4O3. The van der Waals surface area contributed by atoms with E-state index in [9.17, 15) is 9.59 Å². The van der Waals surface area contributed by atoms with Crippen LogP contribution in [0, 0.1) is 5.92 Å². The van der Waals surface area contributed by atoms with Crippen LogP contribution in [0.5, 0.6) is 0 Å². The minimum absolute atomic E-state index is 0.178. The number of hydrogen-bond acceptors (Lipinski definition) is 5. The fraction of sp³-hybridized carbons (Fsp3) is 0.500. The highest BCUT2D eigenvalue weighted by Crippen LogP contribution is 2.27. The number of aromatic nitrogens is 1. The van der Waals surface area contributed by atoms with Crippen LogP contribution in [-0.4, -0.2) is 66.0 Å². The predicted octanol–water partition coefficient (Wildman–Crippen LogP) is 3.06. The van der Waals surface area contributed by atoms with Crippen LogP contribution in [0.2, 0.25) is 5.02 Å². The van der Waals surface area contributed by atoms with Crippen molar-refractivity contribution in [2.24, 2.45) is 5.92 Å². The Morgan fingerprint density at radius 2 is 1.90 bits per heavy atom. The highest BCUT2D eigenvalue weighted by molar-refractivity contribution is 6.30. The average Bonchev–Trinajstić information content (AvgIpc) is 3.46. The molecule has 1 aromatic heterocycles. The molecule has 0 atom stereocenters. The first kappa shape index (κ1) is 20.9. The Kier molecular flexibility index (Phi) is 6.69. The van der Waals surface area contributed by atoms with Crippen molar-refractivity contribution in [2.75, 3.05) is 39.3 Å². The van der Waals surface area contributed by atoms with E-state index in [2.05, 4.69) is 15.4 Å². The van der Waals surface area contributed by atoms with E-state index in [1.54, 1.807) is 18.2 Å². The summed E-state index contributed by atoms with van der Waals surface area (Å²) in [5.74, 6) is 0.471. The van der Waals surface area contributed by atoms with Crippen LogP contribution in [-0.2, 0) is 4.79 Å². The van der Waals surface area contributed by atoms with Crippen molar-refractivity contribution in [1.82, 2.24) is 20.3 Å². The first-order chi connectivity index (χ1) is 14.6. The van der Waals surface area contributed by atoms with Gasteiger partial charge in [-0.15, -0.1) is 0 Å². The molecule has 2 fully saturated rings. The second kappa shape index (κ2) is 9.62. The second-order valence-corrected chi connectivity index (χ2v) is 8.43. The molecule has 0 unspecified atom stereocenters.